The largest absolute Gasteiger partial charge is 0.366 e. The van der Waals surface area contributed by atoms with Crippen LogP contribution in [0.3, 0.4) is 0 Å². The summed E-state index contributed by atoms with van der Waals surface area (Å²) in [6.07, 6.45) is 0. The van der Waals surface area contributed by atoms with Crippen LogP contribution in [0.5, 0.6) is 0 Å². The number of amides is 3. The molecule has 3 aromatic carbocycles. The molecule has 1 aliphatic heterocycles. The molecule has 1 heterocycles. The van der Waals surface area contributed by atoms with E-state index in [2.05, 4.69) is 5.32 Å². The van der Waals surface area contributed by atoms with Gasteiger partial charge in [-0.15, -0.1) is 0 Å². The summed E-state index contributed by atoms with van der Waals surface area (Å²) in [5.41, 5.74) is 8.11. The van der Waals surface area contributed by atoms with Crippen molar-refractivity contribution in [2.75, 3.05) is 5.32 Å². The zero-order chi connectivity index (χ0) is 20.4. The Balaban J connectivity index is 1.71. The van der Waals surface area contributed by atoms with Gasteiger partial charge in [0.1, 0.15) is 6.04 Å². The first-order valence-corrected chi connectivity index (χ1v) is 9.20. The molecule has 0 bridgehead atoms. The van der Waals surface area contributed by atoms with Crippen LogP contribution in [0.1, 0.15) is 37.9 Å². The van der Waals surface area contributed by atoms with Gasteiger partial charge < -0.3 is 16.0 Å². The summed E-state index contributed by atoms with van der Waals surface area (Å²) in [5.74, 6) is -1.25. The lowest BCUT2D eigenvalue weighted by molar-refractivity contribution is -0.120. The maximum absolute atomic E-state index is 13.3. The molecule has 3 aromatic rings. The number of hydrogen-bond acceptors (Lipinski definition) is 3. The Hall–Kier alpha value is -3.93. The predicted molar refractivity (Wildman–Crippen MR) is 109 cm³/mol. The molecule has 4 rings (SSSR count). The quantitative estimate of drug-likeness (QED) is 0.707. The Morgan fingerprint density at radius 1 is 0.897 bits per heavy atom. The van der Waals surface area contributed by atoms with E-state index in [1.165, 1.54) is 0 Å². The second kappa shape index (κ2) is 7.59. The Labute approximate surface area is 167 Å². The van der Waals surface area contributed by atoms with Crippen LogP contribution in [0.2, 0.25) is 0 Å². The van der Waals surface area contributed by atoms with Gasteiger partial charge in [-0.2, -0.15) is 0 Å². The fourth-order valence-corrected chi connectivity index (χ4v) is 3.60. The molecular weight excluding hydrogens is 366 g/mol. The number of rotatable bonds is 5. The third-order valence-corrected chi connectivity index (χ3v) is 4.98. The Bertz CT molecular complexity index is 1100. The summed E-state index contributed by atoms with van der Waals surface area (Å²) in [6.45, 7) is 0.333. The van der Waals surface area contributed by atoms with E-state index in [9.17, 15) is 14.4 Å². The van der Waals surface area contributed by atoms with Crippen LogP contribution in [0.15, 0.2) is 78.9 Å². The number of fused-ring (bicyclic) bond motifs is 1. The standard InChI is InChI=1S/C23H19N3O3/c24-21(27)18-12-6-7-13-19(18)25-22(28)20(15-8-2-1-3-9-15)26-14-16-10-4-5-11-17(16)23(26)29/h1-13,20H,14H2,(H2,24,27)(H,25,28). The number of nitrogens with two attached hydrogens (primary N) is 1. The minimum absolute atomic E-state index is 0.201. The highest BCUT2D eigenvalue weighted by Gasteiger charge is 2.37. The maximum atomic E-state index is 13.3. The third kappa shape index (κ3) is 3.48. The van der Waals surface area contributed by atoms with E-state index < -0.39 is 17.9 Å². The molecule has 6 heteroatoms. The summed E-state index contributed by atoms with van der Waals surface area (Å²) in [7, 11) is 0. The fourth-order valence-electron chi connectivity index (χ4n) is 3.60. The SMILES string of the molecule is NC(=O)c1ccccc1NC(=O)C(c1ccccc1)N1Cc2ccccc2C1=O. The van der Waals surface area contributed by atoms with Crippen LogP contribution in [0, 0.1) is 0 Å². The molecule has 0 fully saturated rings. The molecule has 1 unspecified atom stereocenters. The molecule has 0 radical (unpaired) electrons. The van der Waals surface area contributed by atoms with E-state index in [4.69, 9.17) is 5.73 Å². The molecule has 1 aliphatic rings. The van der Waals surface area contributed by atoms with Crippen LogP contribution in [0.25, 0.3) is 0 Å². The van der Waals surface area contributed by atoms with Crippen LogP contribution in [-0.4, -0.2) is 22.6 Å². The molecule has 0 saturated heterocycles. The van der Waals surface area contributed by atoms with Gasteiger partial charge in [-0.3, -0.25) is 14.4 Å². The van der Waals surface area contributed by atoms with Crippen molar-refractivity contribution < 1.29 is 14.4 Å². The molecular formula is C23H19N3O3. The Morgan fingerprint density at radius 2 is 1.55 bits per heavy atom. The van der Waals surface area contributed by atoms with Gasteiger partial charge in [0.15, 0.2) is 0 Å². The number of carbonyl (C=O) groups is 3. The molecule has 6 nitrogen and oxygen atoms in total. The van der Waals surface area contributed by atoms with Crippen molar-refractivity contribution in [2.45, 2.75) is 12.6 Å². The lowest BCUT2D eigenvalue weighted by Crippen LogP contribution is -2.37. The van der Waals surface area contributed by atoms with Gasteiger partial charge in [0.25, 0.3) is 17.7 Å². The predicted octanol–water partition coefficient (Wildman–Crippen LogP) is 3.12. The van der Waals surface area contributed by atoms with Gasteiger partial charge in [0, 0.05) is 12.1 Å². The lowest BCUT2D eigenvalue weighted by atomic mass is 10.0. The monoisotopic (exact) mass is 385 g/mol. The molecule has 3 N–H and O–H groups in total. The van der Waals surface area contributed by atoms with Gasteiger partial charge in [-0.25, -0.2) is 0 Å². The number of carbonyl (C=O) groups excluding carboxylic acids is 3. The lowest BCUT2D eigenvalue weighted by Gasteiger charge is -2.27. The molecule has 0 aliphatic carbocycles. The molecule has 3 amide bonds. The van der Waals surface area contributed by atoms with Crippen LogP contribution < -0.4 is 11.1 Å². The van der Waals surface area contributed by atoms with Crippen molar-refractivity contribution in [3.05, 3.63) is 101 Å². The van der Waals surface area contributed by atoms with E-state index in [-0.39, 0.29) is 11.5 Å². The minimum Gasteiger partial charge on any atom is -0.366 e. The molecule has 0 aromatic heterocycles. The Kier molecular flexibility index (Phi) is 4.83. The first kappa shape index (κ1) is 18.4. The summed E-state index contributed by atoms with van der Waals surface area (Å²) in [6, 6.07) is 22.1. The maximum Gasteiger partial charge on any atom is 0.255 e. The molecule has 1 atom stereocenters. The Morgan fingerprint density at radius 3 is 2.28 bits per heavy atom. The van der Waals surface area contributed by atoms with Gasteiger partial charge in [-0.1, -0.05) is 60.7 Å². The van der Waals surface area contributed by atoms with Crippen LogP contribution >= 0.6 is 0 Å². The van der Waals surface area contributed by atoms with E-state index in [1.54, 1.807) is 53.4 Å². The van der Waals surface area contributed by atoms with Crippen molar-refractivity contribution in [1.29, 1.82) is 0 Å². The van der Waals surface area contributed by atoms with Gasteiger partial charge in [-0.05, 0) is 29.3 Å². The molecule has 29 heavy (non-hydrogen) atoms. The number of primary amides is 1. The van der Waals surface area contributed by atoms with E-state index >= 15 is 0 Å². The smallest absolute Gasteiger partial charge is 0.255 e. The highest BCUT2D eigenvalue weighted by atomic mass is 16.2. The first-order valence-electron chi connectivity index (χ1n) is 9.20. The number of benzene rings is 3. The normalized spacial score (nSPS) is 13.7. The van der Waals surface area contributed by atoms with Crippen molar-refractivity contribution in [1.82, 2.24) is 4.90 Å². The van der Waals surface area contributed by atoms with Crippen LogP contribution in [-0.2, 0) is 11.3 Å². The number of anilines is 1. The average Bonchev–Trinajstić information content (AvgIpc) is 3.06. The summed E-state index contributed by atoms with van der Waals surface area (Å²) in [5, 5.41) is 2.78. The highest BCUT2D eigenvalue weighted by molar-refractivity contribution is 6.07. The first-order chi connectivity index (χ1) is 14.1. The topological polar surface area (TPSA) is 92.5 Å². The fraction of sp³-hybridized carbons (Fsp3) is 0.0870. The molecule has 144 valence electrons. The highest BCUT2D eigenvalue weighted by Crippen LogP contribution is 2.32. The van der Waals surface area contributed by atoms with E-state index in [0.717, 1.165) is 5.56 Å². The van der Waals surface area contributed by atoms with Crippen molar-refractivity contribution >= 4 is 23.4 Å². The van der Waals surface area contributed by atoms with Crippen molar-refractivity contribution in [3.8, 4) is 0 Å². The second-order valence-electron chi connectivity index (χ2n) is 6.80. The zero-order valence-corrected chi connectivity index (χ0v) is 15.5. The van der Waals surface area contributed by atoms with Crippen LogP contribution in [0.4, 0.5) is 5.69 Å². The average molecular weight is 385 g/mol. The zero-order valence-electron chi connectivity index (χ0n) is 15.5. The number of nitrogens with zero attached hydrogens (tertiary/aromatic N) is 1. The molecule has 0 saturated carbocycles. The summed E-state index contributed by atoms with van der Waals surface area (Å²) < 4.78 is 0. The number of para-hydroxylation sites is 1. The number of nitrogens with one attached hydrogen (secondary N) is 1. The van der Waals surface area contributed by atoms with E-state index in [1.807, 2.05) is 30.3 Å². The van der Waals surface area contributed by atoms with Crippen molar-refractivity contribution in [2.24, 2.45) is 5.73 Å². The summed E-state index contributed by atoms with van der Waals surface area (Å²) >= 11 is 0. The summed E-state index contributed by atoms with van der Waals surface area (Å²) in [4.78, 5) is 39.6. The second-order valence-corrected chi connectivity index (χ2v) is 6.80. The van der Waals surface area contributed by atoms with E-state index in [0.29, 0.717) is 23.4 Å². The van der Waals surface area contributed by atoms with Gasteiger partial charge in [0.05, 0.1) is 11.3 Å². The minimum atomic E-state index is -0.850. The van der Waals surface area contributed by atoms with Crippen molar-refractivity contribution in [3.63, 3.8) is 0 Å². The molecule has 0 spiro atoms. The third-order valence-electron chi connectivity index (χ3n) is 4.98. The van der Waals surface area contributed by atoms with Gasteiger partial charge >= 0.3 is 0 Å². The van der Waals surface area contributed by atoms with Gasteiger partial charge in [0.2, 0.25) is 0 Å². The number of hydrogen-bond donors (Lipinski definition) is 2.